The maximum Gasteiger partial charge on any atom is 0.120 e. The van der Waals surface area contributed by atoms with Gasteiger partial charge in [-0.15, -0.1) is 0 Å². The number of fused-ring (bicyclic) bond motifs is 1. The van der Waals surface area contributed by atoms with E-state index in [1.165, 1.54) is 0 Å². The summed E-state index contributed by atoms with van der Waals surface area (Å²) in [6.45, 7) is 0. The monoisotopic (exact) mass is 187 g/mol. The van der Waals surface area contributed by atoms with Crippen LogP contribution in [-0.4, -0.2) is 12.1 Å². The lowest BCUT2D eigenvalue weighted by Crippen LogP contribution is -1.85. The number of ether oxygens (including phenoxy) is 1. The molecule has 2 rings (SSSR count). The number of aromatic amines is 1. The van der Waals surface area contributed by atoms with Crippen LogP contribution in [0.15, 0.2) is 18.2 Å². The summed E-state index contributed by atoms with van der Waals surface area (Å²) in [5.74, 6) is 1.14. The number of nitriles is 1. The van der Waals surface area contributed by atoms with E-state index in [0.717, 1.165) is 16.7 Å². The summed E-state index contributed by atoms with van der Waals surface area (Å²) in [5, 5.41) is 9.68. The molecule has 0 saturated carbocycles. The third-order valence-corrected chi connectivity index (χ3v) is 2.15. The average molecular weight is 187 g/mol. The van der Waals surface area contributed by atoms with Gasteiger partial charge in [0, 0.05) is 11.5 Å². The summed E-state index contributed by atoms with van der Waals surface area (Å²) in [7, 11) is 1.60. The van der Waals surface area contributed by atoms with Crippen molar-refractivity contribution in [2.75, 3.05) is 12.8 Å². The molecule has 4 nitrogen and oxygen atoms in total. The van der Waals surface area contributed by atoms with E-state index < -0.39 is 0 Å². The lowest BCUT2D eigenvalue weighted by atomic mass is 10.2. The van der Waals surface area contributed by atoms with E-state index in [0.29, 0.717) is 11.4 Å². The molecule has 2 aromatic rings. The lowest BCUT2D eigenvalue weighted by molar-refractivity contribution is 0.415. The zero-order valence-electron chi connectivity index (χ0n) is 7.66. The Labute approximate surface area is 80.9 Å². The molecule has 3 N–H and O–H groups in total. The van der Waals surface area contributed by atoms with Gasteiger partial charge >= 0.3 is 0 Å². The first-order valence-electron chi connectivity index (χ1n) is 4.11. The number of H-pyrrole nitrogens is 1. The van der Waals surface area contributed by atoms with Crippen LogP contribution in [0, 0.1) is 11.3 Å². The molecule has 0 saturated heterocycles. The smallest absolute Gasteiger partial charge is 0.120 e. The zero-order valence-corrected chi connectivity index (χ0v) is 7.66. The standard InChI is InChI=1S/C10H9N3O/c1-14-6-2-3-7-8(5-11)10(12)13-9(7)4-6/h2-4,13H,12H2,1H3. The van der Waals surface area contributed by atoms with Crippen molar-refractivity contribution in [2.24, 2.45) is 0 Å². The summed E-state index contributed by atoms with van der Waals surface area (Å²) < 4.78 is 5.06. The Morgan fingerprint density at radius 3 is 2.93 bits per heavy atom. The number of nitrogens with two attached hydrogens (primary N) is 1. The molecule has 0 spiro atoms. The summed E-state index contributed by atoms with van der Waals surface area (Å²) in [5.41, 5.74) is 6.94. The molecule has 0 atom stereocenters. The third-order valence-electron chi connectivity index (χ3n) is 2.15. The first-order valence-corrected chi connectivity index (χ1v) is 4.11. The van der Waals surface area contributed by atoms with Crippen LogP contribution in [0.25, 0.3) is 10.9 Å². The van der Waals surface area contributed by atoms with E-state index in [2.05, 4.69) is 11.1 Å². The summed E-state index contributed by atoms with van der Waals surface area (Å²) in [4.78, 5) is 2.93. The highest BCUT2D eigenvalue weighted by Gasteiger charge is 2.08. The van der Waals surface area contributed by atoms with E-state index in [1.54, 1.807) is 13.2 Å². The molecular weight excluding hydrogens is 178 g/mol. The van der Waals surface area contributed by atoms with Gasteiger partial charge in [0.25, 0.3) is 0 Å². The van der Waals surface area contributed by atoms with Crippen LogP contribution < -0.4 is 10.5 Å². The van der Waals surface area contributed by atoms with E-state index >= 15 is 0 Å². The highest BCUT2D eigenvalue weighted by atomic mass is 16.5. The summed E-state index contributed by atoms with van der Waals surface area (Å²) >= 11 is 0. The van der Waals surface area contributed by atoms with E-state index in [-0.39, 0.29) is 0 Å². The summed E-state index contributed by atoms with van der Waals surface area (Å²) in [6.07, 6.45) is 0. The van der Waals surface area contributed by atoms with Gasteiger partial charge in [-0.3, -0.25) is 0 Å². The van der Waals surface area contributed by atoms with Gasteiger partial charge in [-0.1, -0.05) is 0 Å². The number of methoxy groups -OCH3 is 1. The molecule has 0 aliphatic heterocycles. The Bertz CT molecular complexity index is 522. The quantitative estimate of drug-likeness (QED) is 0.712. The largest absolute Gasteiger partial charge is 0.497 e. The second kappa shape index (κ2) is 2.96. The van der Waals surface area contributed by atoms with Crippen molar-refractivity contribution in [2.45, 2.75) is 0 Å². The highest BCUT2D eigenvalue weighted by molar-refractivity contribution is 5.91. The zero-order chi connectivity index (χ0) is 10.1. The van der Waals surface area contributed by atoms with Gasteiger partial charge in [0.2, 0.25) is 0 Å². The van der Waals surface area contributed by atoms with Gasteiger partial charge in [0.05, 0.1) is 12.6 Å². The first kappa shape index (κ1) is 8.45. The molecule has 1 heterocycles. The number of benzene rings is 1. The highest BCUT2D eigenvalue weighted by Crippen LogP contribution is 2.26. The van der Waals surface area contributed by atoms with Gasteiger partial charge in [0.15, 0.2) is 0 Å². The number of aromatic nitrogens is 1. The minimum Gasteiger partial charge on any atom is -0.497 e. The Kier molecular flexibility index (Phi) is 1.79. The molecule has 70 valence electrons. The van der Waals surface area contributed by atoms with Crippen LogP contribution >= 0.6 is 0 Å². The van der Waals surface area contributed by atoms with Crippen LogP contribution in [0.3, 0.4) is 0 Å². The maximum atomic E-state index is 8.85. The maximum absolute atomic E-state index is 8.85. The Balaban J connectivity index is 2.76. The van der Waals surface area contributed by atoms with Gasteiger partial charge < -0.3 is 15.5 Å². The van der Waals surface area contributed by atoms with Gasteiger partial charge in [-0.05, 0) is 12.1 Å². The molecule has 14 heavy (non-hydrogen) atoms. The van der Waals surface area contributed by atoms with Gasteiger partial charge in [0.1, 0.15) is 23.2 Å². The Morgan fingerprint density at radius 2 is 2.29 bits per heavy atom. The fourth-order valence-electron chi connectivity index (χ4n) is 1.44. The predicted molar refractivity (Wildman–Crippen MR) is 54.0 cm³/mol. The number of rotatable bonds is 1. The molecule has 0 bridgehead atoms. The molecular formula is C10H9N3O. The van der Waals surface area contributed by atoms with Crippen molar-refractivity contribution < 1.29 is 4.74 Å². The normalized spacial score (nSPS) is 10.0. The van der Waals surface area contributed by atoms with Gasteiger partial charge in [-0.25, -0.2) is 0 Å². The number of nitrogens with one attached hydrogen (secondary N) is 1. The first-order chi connectivity index (χ1) is 6.76. The number of nitrogens with zero attached hydrogens (tertiary/aromatic N) is 1. The Hall–Kier alpha value is -2.15. The molecule has 0 fully saturated rings. The molecule has 0 amide bonds. The van der Waals surface area contributed by atoms with Crippen molar-refractivity contribution in [3.8, 4) is 11.8 Å². The average Bonchev–Trinajstić information content (AvgIpc) is 2.51. The third kappa shape index (κ3) is 1.07. The van der Waals surface area contributed by atoms with E-state index in [4.69, 9.17) is 15.7 Å². The predicted octanol–water partition coefficient (Wildman–Crippen LogP) is 1.63. The fourth-order valence-corrected chi connectivity index (χ4v) is 1.44. The molecule has 0 aliphatic rings. The van der Waals surface area contributed by atoms with Crippen LogP contribution in [0.2, 0.25) is 0 Å². The minimum atomic E-state index is 0.399. The molecule has 1 aromatic heterocycles. The summed E-state index contributed by atoms with van der Waals surface area (Å²) in [6, 6.07) is 7.49. The van der Waals surface area contributed by atoms with Crippen molar-refractivity contribution in [3.05, 3.63) is 23.8 Å². The molecule has 0 unspecified atom stereocenters. The van der Waals surface area contributed by atoms with Crippen molar-refractivity contribution >= 4 is 16.7 Å². The lowest BCUT2D eigenvalue weighted by Gasteiger charge is -1.97. The fraction of sp³-hybridized carbons (Fsp3) is 0.100. The van der Waals surface area contributed by atoms with E-state index in [1.807, 2.05) is 12.1 Å². The molecule has 4 heteroatoms. The van der Waals surface area contributed by atoms with E-state index in [9.17, 15) is 0 Å². The second-order valence-corrected chi connectivity index (χ2v) is 2.94. The van der Waals surface area contributed by atoms with Gasteiger partial charge in [-0.2, -0.15) is 5.26 Å². The molecule has 0 radical (unpaired) electrons. The van der Waals surface area contributed by atoms with Crippen molar-refractivity contribution in [1.29, 1.82) is 5.26 Å². The number of nitrogen functional groups attached to an aromatic ring is 1. The van der Waals surface area contributed by atoms with Crippen LogP contribution in [-0.2, 0) is 0 Å². The topological polar surface area (TPSA) is 74.8 Å². The van der Waals surface area contributed by atoms with Crippen molar-refractivity contribution in [1.82, 2.24) is 4.98 Å². The SMILES string of the molecule is COc1ccc2c(C#N)c(N)[nH]c2c1. The number of anilines is 1. The number of hydrogen-bond acceptors (Lipinski definition) is 3. The van der Waals surface area contributed by atoms with Crippen molar-refractivity contribution in [3.63, 3.8) is 0 Å². The van der Waals surface area contributed by atoms with Crippen LogP contribution in [0.5, 0.6) is 5.75 Å². The Morgan fingerprint density at radius 1 is 1.50 bits per heavy atom. The molecule has 1 aromatic carbocycles. The number of hydrogen-bond donors (Lipinski definition) is 2. The van der Waals surface area contributed by atoms with Crippen LogP contribution in [0.4, 0.5) is 5.82 Å². The minimum absolute atomic E-state index is 0.399. The van der Waals surface area contributed by atoms with Crippen LogP contribution in [0.1, 0.15) is 5.56 Å². The molecule has 0 aliphatic carbocycles. The second-order valence-electron chi connectivity index (χ2n) is 2.94.